The van der Waals surface area contributed by atoms with Gasteiger partial charge in [-0.2, -0.15) is 4.72 Å². The SMILES string of the molecule is COCCCN(C(=O)[C@H](CC(=O)NCC1CCCN(C(=N)NC(=O)OC)C1)NS(=O)(=O)c1ccc2ccccc2c1)C1CC1. The summed E-state index contributed by atoms with van der Waals surface area (Å²) < 4.78 is 39.3. The molecule has 240 valence electrons. The number of sulfonamides is 1. The number of hydrogen-bond acceptors (Lipinski definition) is 8. The van der Waals surface area contributed by atoms with E-state index in [9.17, 15) is 22.8 Å². The highest BCUT2D eigenvalue weighted by Gasteiger charge is 2.38. The standard InChI is InChI=1S/C30H42N6O7S/c1-42-16-6-15-36(24-11-12-24)28(38)26(34-44(40,41)25-13-10-22-8-3-4-9-23(22)17-25)18-27(37)32-19-21-7-5-14-35(20-21)29(31)33-30(39)43-2/h3-4,8-10,13,17,21,24,26,34H,5-7,11-12,14-16,18-20H2,1-2H3,(H,32,37)(H2,31,33,39)/t21?,26-/m0/s1. The van der Waals surface area contributed by atoms with Crippen LogP contribution in [0.4, 0.5) is 4.79 Å². The number of amides is 3. The first-order chi connectivity index (χ1) is 21.1. The minimum Gasteiger partial charge on any atom is -0.453 e. The highest BCUT2D eigenvalue weighted by molar-refractivity contribution is 7.89. The molecule has 2 aliphatic rings. The fourth-order valence-corrected chi connectivity index (χ4v) is 6.61. The third-order valence-electron chi connectivity index (χ3n) is 7.86. The van der Waals surface area contributed by atoms with Gasteiger partial charge in [0.25, 0.3) is 0 Å². The molecule has 0 spiro atoms. The Morgan fingerprint density at radius 1 is 1.09 bits per heavy atom. The van der Waals surface area contributed by atoms with Crippen LogP contribution in [0.15, 0.2) is 47.4 Å². The van der Waals surface area contributed by atoms with Crippen molar-refractivity contribution >= 4 is 44.7 Å². The number of piperidine rings is 1. The van der Waals surface area contributed by atoms with Gasteiger partial charge in [-0.05, 0) is 60.9 Å². The molecule has 2 aromatic rings. The molecule has 0 radical (unpaired) electrons. The number of rotatable bonds is 13. The summed E-state index contributed by atoms with van der Waals surface area (Å²) >= 11 is 0. The van der Waals surface area contributed by atoms with E-state index in [4.69, 9.17) is 10.1 Å². The van der Waals surface area contributed by atoms with Crippen LogP contribution in [0.1, 0.15) is 38.5 Å². The predicted molar refractivity (Wildman–Crippen MR) is 164 cm³/mol. The first-order valence-electron chi connectivity index (χ1n) is 14.9. The summed E-state index contributed by atoms with van der Waals surface area (Å²) in [5.41, 5.74) is 0. The van der Waals surface area contributed by atoms with Crippen LogP contribution < -0.4 is 15.4 Å². The number of guanidine groups is 1. The van der Waals surface area contributed by atoms with Crippen LogP contribution in [-0.4, -0.2) is 101 Å². The van der Waals surface area contributed by atoms with Crippen LogP contribution in [0.3, 0.4) is 0 Å². The molecule has 14 heteroatoms. The Balaban J connectivity index is 1.45. The van der Waals surface area contributed by atoms with E-state index in [0.717, 1.165) is 36.5 Å². The molecule has 2 aromatic carbocycles. The number of alkyl carbamates (subject to hydrolysis) is 1. The van der Waals surface area contributed by atoms with Crippen LogP contribution in [0.2, 0.25) is 0 Å². The van der Waals surface area contributed by atoms with E-state index in [1.165, 1.54) is 13.2 Å². The molecular formula is C30H42N6O7S. The summed E-state index contributed by atoms with van der Waals surface area (Å²) in [5.74, 6) is -0.977. The normalized spacial score (nSPS) is 17.5. The minimum atomic E-state index is -4.15. The molecule has 2 fully saturated rings. The molecule has 1 unspecified atom stereocenters. The molecule has 1 aliphatic carbocycles. The van der Waals surface area contributed by atoms with Crippen molar-refractivity contribution in [1.82, 2.24) is 25.2 Å². The second-order valence-electron chi connectivity index (χ2n) is 11.2. The second kappa shape index (κ2) is 15.3. The van der Waals surface area contributed by atoms with E-state index in [1.54, 1.807) is 29.0 Å². The molecule has 44 heavy (non-hydrogen) atoms. The van der Waals surface area contributed by atoms with Crippen LogP contribution in [0.25, 0.3) is 10.8 Å². The average Bonchev–Trinajstić information content (AvgIpc) is 3.86. The van der Waals surface area contributed by atoms with Gasteiger partial charge in [0.05, 0.1) is 18.4 Å². The van der Waals surface area contributed by atoms with Gasteiger partial charge in [-0.1, -0.05) is 30.3 Å². The van der Waals surface area contributed by atoms with E-state index in [0.29, 0.717) is 32.7 Å². The Morgan fingerprint density at radius 2 is 1.84 bits per heavy atom. The topological polar surface area (TPSA) is 170 Å². The zero-order valence-corrected chi connectivity index (χ0v) is 26.0. The molecule has 1 saturated heterocycles. The van der Waals surface area contributed by atoms with Gasteiger partial charge in [-0.25, -0.2) is 13.2 Å². The van der Waals surface area contributed by atoms with Gasteiger partial charge in [0, 0.05) is 45.9 Å². The number of ether oxygens (including phenoxy) is 2. The monoisotopic (exact) mass is 630 g/mol. The first-order valence-corrected chi connectivity index (χ1v) is 16.3. The van der Waals surface area contributed by atoms with E-state index in [2.05, 4.69) is 20.1 Å². The second-order valence-corrected chi connectivity index (χ2v) is 12.9. The number of nitrogens with one attached hydrogen (secondary N) is 4. The number of carbonyl (C=O) groups is 3. The maximum Gasteiger partial charge on any atom is 0.413 e. The highest BCUT2D eigenvalue weighted by Crippen LogP contribution is 2.28. The van der Waals surface area contributed by atoms with Gasteiger partial charge in [0.15, 0.2) is 0 Å². The zero-order valence-electron chi connectivity index (χ0n) is 25.2. The van der Waals surface area contributed by atoms with Gasteiger partial charge in [0.1, 0.15) is 6.04 Å². The number of likely N-dealkylation sites (tertiary alicyclic amines) is 1. The van der Waals surface area contributed by atoms with E-state index in [1.807, 2.05) is 24.3 Å². The lowest BCUT2D eigenvalue weighted by molar-refractivity contribution is -0.136. The maximum absolute atomic E-state index is 13.8. The lowest BCUT2D eigenvalue weighted by atomic mass is 9.98. The molecular weight excluding hydrogens is 588 g/mol. The molecule has 1 heterocycles. The molecule has 4 rings (SSSR count). The molecule has 0 bridgehead atoms. The van der Waals surface area contributed by atoms with Crippen molar-refractivity contribution in [3.63, 3.8) is 0 Å². The first kappa shape index (κ1) is 33.1. The third kappa shape index (κ3) is 9.13. The summed E-state index contributed by atoms with van der Waals surface area (Å²) in [6.45, 7) is 2.15. The third-order valence-corrected chi connectivity index (χ3v) is 9.33. The number of hydrogen-bond donors (Lipinski definition) is 4. The minimum absolute atomic E-state index is 0.00653. The number of nitrogens with zero attached hydrogens (tertiary/aromatic N) is 2. The Kier molecular flexibility index (Phi) is 11.5. The average molecular weight is 631 g/mol. The van der Waals surface area contributed by atoms with Crippen molar-refractivity contribution < 1.29 is 32.3 Å². The fraction of sp³-hybridized carbons (Fsp3) is 0.533. The van der Waals surface area contributed by atoms with Gasteiger partial charge in [-0.3, -0.25) is 20.3 Å². The zero-order chi connectivity index (χ0) is 31.7. The van der Waals surface area contributed by atoms with Gasteiger partial charge in [0.2, 0.25) is 27.8 Å². The molecule has 1 saturated carbocycles. The predicted octanol–water partition coefficient (Wildman–Crippen LogP) is 2.02. The van der Waals surface area contributed by atoms with Crippen molar-refractivity contribution in [3.8, 4) is 0 Å². The number of fused-ring (bicyclic) bond motifs is 1. The summed E-state index contributed by atoms with van der Waals surface area (Å²) in [7, 11) is -1.34. The summed E-state index contributed by atoms with van der Waals surface area (Å²) in [6.07, 6.45) is 2.71. The van der Waals surface area contributed by atoms with E-state index < -0.39 is 34.0 Å². The lowest BCUT2D eigenvalue weighted by Crippen LogP contribution is -2.52. The van der Waals surface area contributed by atoms with E-state index in [-0.39, 0.29) is 35.8 Å². The largest absolute Gasteiger partial charge is 0.453 e. The van der Waals surface area contributed by atoms with E-state index >= 15 is 0 Å². The smallest absolute Gasteiger partial charge is 0.413 e. The van der Waals surface area contributed by atoms with Crippen LogP contribution in [0.5, 0.6) is 0 Å². The molecule has 1 aliphatic heterocycles. The van der Waals surface area contributed by atoms with Crippen molar-refractivity contribution in [2.75, 3.05) is 47.0 Å². The fourth-order valence-electron chi connectivity index (χ4n) is 5.38. The van der Waals surface area contributed by atoms with Crippen molar-refractivity contribution in [1.29, 1.82) is 5.41 Å². The number of benzene rings is 2. The molecule has 0 aromatic heterocycles. The Hall–Kier alpha value is -3.75. The number of carbonyl (C=O) groups excluding carboxylic acids is 3. The Labute approximate surface area is 258 Å². The highest BCUT2D eigenvalue weighted by atomic mass is 32.2. The molecule has 13 nitrogen and oxygen atoms in total. The van der Waals surface area contributed by atoms with Gasteiger partial charge < -0.3 is 24.6 Å². The Bertz CT molecular complexity index is 1450. The molecule has 3 amide bonds. The summed E-state index contributed by atoms with van der Waals surface area (Å²) in [4.78, 5) is 41.9. The van der Waals surface area contributed by atoms with Gasteiger partial charge >= 0.3 is 6.09 Å². The quantitative estimate of drug-likeness (QED) is 0.148. The lowest BCUT2D eigenvalue weighted by Gasteiger charge is -2.34. The Morgan fingerprint density at radius 3 is 2.55 bits per heavy atom. The van der Waals surface area contributed by atoms with Crippen LogP contribution in [0, 0.1) is 11.3 Å². The van der Waals surface area contributed by atoms with Gasteiger partial charge in [-0.15, -0.1) is 0 Å². The van der Waals surface area contributed by atoms with Crippen LogP contribution >= 0.6 is 0 Å². The molecule has 2 atom stereocenters. The van der Waals surface area contributed by atoms with Crippen molar-refractivity contribution in [3.05, 3.63) is 42.5 Å². The summed E-state index contributed by atoms with van der Waals surface area (Å²) in [6, 6.07) is 10.9. The van der Waals surface area contributed by atoms with Crippen LogP contribution in [-0.2, 0) is 29.1 Å². The maximum atomic E-state index is 13.8. The number of methoxy groups -OCH3 is 2. The van der Waals surface area contributed by atoms with Crippen molar-refractivity contribution in [2.45, 2.75) is 55.5 Å². The van der Waals surface area contributed by atoms with Crippen molar-refractivity contribution in [2.24, 2.45) is 5.92 Å². The summed E-state index contributed by atoms with van der Waals surface area (Å²) in [5, 5.41) is 15.0. The molecule has 4 N–H and O–H groups in total.